The molecule has 23 heavy (non-hydrogen) atoms. The van der Waals surface area contributed by atoms with Gasteiger partial charge in [-0.3, -0.25) is 9.69 Å². The first-order chi connectivity index (χ1) is 11.1. The third kappa shape index (κ3) is 5.38. The third-order valence-corrected chi connectivity index (χ3v) is 4.30. The molecule has 0 spiro atoms. The fraction of sp³-hybridized carbons (Fsp3) is 0.316. The summed E-state index contributed by atoms with van der Waals surface area (Å²) in [6.45, 7) is 6.53. The fourth-order valence-electron chi connectivity index (χ4n) is 2.41. The van der Waals surface area contributed by atoms with Crippen molar-refractivity contribution in [2.45, 2.75) is 26.8 Å². The largest absolute Gasteiger partial charge is 0.326 e. The van der Waals surface area contributed by atoms with Gasteiger partial charge < -0.3 is 5.32 Å². The van der Waals surface area contributed by atoms with Crippen molar-refractivity contribution in [1.82, 2.24) is 4.90 Å². The highest BCUT2D eigenvalue weighted by atomic mass is 35.5. The van der Waals surface area contributed by atoms with Crippen LogP contribution in [0.25, 0.3) is 0 Å². The van der Waals surface area contributed by atoms with Crippen molar-refractivity contribution in [1.29, 1.82) is 0 Å². The molecule has 2 aromatic carbocycles. The van der Waals surface area contributed by atoms with Gasteiger partial charge >= 0.3 is 0 Å². The van der Waals surface area contributed by atoms with Crippen LogP contribution in [0.4, 0.5) is 5.69 Å². The molecule has 0 aliphatic heterocycles. The predicted molar refractivity (Wildman–Crippen MR) is 96.8 cm³/mol. The first kappa shape index (κ1) is 17.5. The highest BCUT2D eigenvalue weighted by Gasteiger charge is 2.09. The molecule has 0 saturated carbocycles. The smallest absolute Gasteiger partial charge is 0.225 e. The zero-order chi connectivity index (χ0) is 16.7. The van der Waals surface area contributed by atoms with E-state index in [1.165, 1.54) is 5.56 Å². The molecule has 1 N–H and O–H groups in total. The second-order valence-electron chi connectivity index (χ2n) is 5.56. The average molecular weight is 331 g/mol. The minimum Gasteiger partial charge on any atom is -0.326 e. The predicted octanol–water partition coefficient (Wildman–Crippen LogP) is 4.50. The fourth-order valence-corrected chi connectivity index (χ4v) is 2.58. The Balaban J connectivity index is 1.86. The van der Waals surface area contributed by atoms with E-state index in [0.29, 0.717) is 11.4 Å². The summed E-state index contributed by atoms with van der Waals surface area (Å²) in [4.78, 5) is 14.4. The molecule has 0 bridgehead atoms. The molecule has 0 fully saturated rings. The van der Waals surface area contributed by atoms with E-state index < -0.39 is 0 Å². The van der Waals surface area contributed by atoms with Gasteiger partial charge in [0.15, 0.2) is 0 Å². The summed E-state index contributed by atoms with van der Waals surface area (Å²) in [6, 6.07) is 15.9. The van der Waals surface area contributed by atoms with Gasteiger partial charge in [-0.1, -0.05) is 54.9 Å². The first-order valence-corrected chi connectivity index (χ1v) is 8.29. The van der Waals surface area contributed by atoms with E-state index in [1.807, 2.05) is 43.3 Å². The van der Waals surface area contributed by atoms with Crippen LogP contribution in [-0.4, -0.2) is 23.9 Å². The van der Waals surface area contributed by atoms with Gasteiger partial charge in [0.2, 0.25) is 5.91 Å². The molecule has 1 amide bonds. The molecule has 0 unspecified atom stereocenters. The van der Waals surface area contributed by atoms with Crippen LogP contribution in [0.1, 0.15) is 24.5 Å². The number of hydrogen-bond donors (Lipinski definition) is 1. The van der Waals surface area contributed by atoms with Crippen molar-refractivity contribution in [3.8, 4) is 0 Å². The van der Waals surface area contributed by atoms with Crippen LogP contribution in [0.15, 0.2) is 48.5 Å². The molecule has 0 radical (unpaired) electrons. The second-order valence-corrected chi connectivity index (χ2v) is 5.97. The lowest BCUT2D eigenvalue weighted by molar-refractivity contribution is -0.116. The number of nitrogens with zero attached hydrogens (tertiary/aromatic N) is 1. The van der Waals surface area contributed by atoms with Crippen LogP contribution in [-0.2, 0) is 11.3 Å². The SMILES string of the molecule is CCN(CCC(=O)Nc1cccc(Cl)c1C)Cc1ccccc1. The van der Waals surface area contributed by atoms with E-state index in [1.54, 1.807) is 0 Å². The topological polar surface area (TPSA) is 32.3 Å². The van der Waals surface area contributed by atoms with Crippen LogP contribution in [0.3, 0.4) is 0 Å². The number of carbonyl (C=O) groups excluding carboxylic acids is 1. The van der Waals surface area contributed by atoms with Crippen molar-refractivity contribution in [2.75, 3.05) is 18.4 Å². The third-order valence-electron chi connectivity index (χ3n) is 3.89. The lowest BCUT2D eigenvalue weighted by atomic mass is 10.2. The maximum atomic E-state index is 12.2. The minimum atomic E-state index is 0.0156. The van der Waals surface area contributed by atoms with Gasteiger partial charge in [-0.25, -0.2) is 0 Å². The molecular weight excluding hydrogens is 308 g/mol. The molecule has 4 heteroatoms. The van der Waals surface area contributed by atoms with Crippen LogP contribution in [0.2, 0.25) is 5.02 Å². The normalized spacial score (nSPS) is 10.8. The molecule has 3 nitrogen and oxygen atoms in total. The number of carbonyl (C=O) groups is 1. The monoisotopic (exact) mass is 330 g/mol. The van der Waals surface area contributed by atoms with Gasteiger partial charge in [-0.15, -0.1) is 0 Å². The number of hydrogen-bond acceptors (Lipinski definition) is 2. The zero-order valence-electron chi connectivity index (χ0n) is 13.7. The maximum Gasteiger partial charge on any atom is 0.225 e. The van der Waals surface area contributed by atoms with Gasteiger partial charge in [0.1, 0.15) is 0 Å². The van der Waals surface area contributed by atoms with Gasteiger partial charge in [-0.2, -0.15) is 0 Å². The highest BCUT2D eigenvalue weighted by molar-refractivity contribution is 6.31. The molecule has 2 rings (SSSR count). The zero-order valence-corrected chi connectivity index (χ0v) is 14.4. The Bertz CT molecular complexity index is 643. The Labute approximate surface area is 143 Å². The quantitative estimate of drug-likeness (QED) is 0.810. The van der Waals surface area contributed by atoms with E-state index in [2.05, 4.69) is 29.3 Å². The Morgan fingerprint density at radius 3 is 2.57 bits per heavy atom. The molecule has 0 saturated heterocycles. The van der Waals surface area contributed by atoms with Crippen molar-refractivity contribution in [3.05, 3.63) is 64.7 Å². The summed E-state index contributed by atoms with van der Waals surface area (Å²) >= 11 is 6.08. The molecule has 0 aliphatic carbocycles. The van der Waals surface area contributed by atoms with Crippen LogP contribution in [0, 0.1) is 6.92 Å². The first-order valence-electron chi connectivity index (χ1n) is 7.91. The van der Waals surface area contributed by atoms with Gasteiger partial charge in [0, 0.05) is 30.2 Å². The summed E-state index contributed by atoms with van der Waals surface area (Å²) in [7, 11) is 0. The Morgan fingerprint density at radius 1 is 1.13 bits per heavy atom. The van der Waals surface area contributed by atoms with Gasteiger partial charge in [-0.05, 0) is 36.7 Å². The van der Waals surface area contributed by atoms with E-state index in [4.69, 9.17) is 11.6 Å². The highest BCUT2D eigenvalue weighted by Crippen LogP contribution is 2.23. The van der Waals surface area contributed by atoms with Crippen LogP contribution < -0.4 is 5.32 Å². The van der Waals surface area contributed by atoms with Crippen LogP contribution in [0.5, 0.6) is 0 Å². The van der Waals surface area contributed by atoms with Crippen molar-refractivity contribution < 1.29 is 4.79 Å². The van der Waals surface area contributed by atoms with Crippen molar-refractivity contribution in [3.63, 3.8) is 0 Å². The summed E-state index contributed by atoms with van der Waals surface area (Å²) < 4.78 is 0. The molecule has 0 atom stereocenters. The van der Waals surface area contributed by atoms with Gasteiger partial charge in [0.05, 0.1) is 0 Å². The van der Waals surface area contributed by atoms with Crippen molar-refractivity contribution >= 4 is 23.2 Å². The molecule has 0 aliphatic rings. The number of nitrogens with one attached hydrogen (secondary N) is 1. The van der Waals surface area contributed by atoms with Gasteiger partial charge in [0.25, 0.3) is 0 Å². The lowest BCUT2D eigenvalue weighted by Gasteiger charge is -2.20. The minimum absolute atomic E-state index is 0.0156. The van der Waals surface area contributed by atoms with Crippen LogP contribution >= 0.6 is 11.6 Å². The molecule has 2 aromatic rings. The van der Waals surface area contributed by atoms with E-state index in [0.717, 1.165) is 30.9 Å². The summed E-state index contributed by atoms with van der Waals surface area (Å²) in [6.07, 6.45) is 0.465. The Morgan fingerprint density at radius 2 is 1.87 bits per heavy atom. The molecule has 122 valence electrons. The maximum absolute atomic E-state index is 12.2. The number of anilines is 1. The van der Waals surface area contributed by atoms with Crippen molar-refractivity contribution in [2.24, 2.45) is 0 Å². The molecule has 0 aromatic heterocycles. The molecular formula is C19H23ClN2O. The van der Waals surface area contributed by atoms with E-state index >= 15 is 0 Å². The van der Waals surface area contributed by atoms with E-state index in [9.17, 15) is 4.79 Å². The van der Waals surface area contributed by atoms with E-state index in [-0.39, 0.29) is 5.91 Å². The summed E-state index contributed by atoms with van der Waals surface area (Å²) in [5, 5.41) is 3.61. The second kappa shape index (κ2) is 8.70. The average Bonchev–Trinajstić information content (AvgIpc) is 2.56. The Kier molecular flexibility index (Phi) is 6.63. The summed E-state index contributed by atoms with van der Waals surface area (Å²) in [5.74, 6) is 0.0156. The standard InChI is InChI=1S/C19H23ClN2O/c1-3-22(14-16-8-5-4-6-9-16)13-12-19(23)21-18-11-7-10-17(20)15(18)2/h4-11H,3,12-14H2,1-2H3,(H,21,23). The Hall–Kier alpha value is -1.84. The number of halogens is 1. The summed E-state index contributed by atoms with van der Waals surface area (Å²) in [5.41, 5.74) is 2.95. The number of benzene rings is 2. The number of rotatable bonds is 7. The molecule has 0 heterocycles. The number of amides is 1. The lowest BCUT2D eigenvalue weighted by Crippen LogP contribution is -2.27.